The van der Waals surface area contributed by atoms with Gasteiger partial charge in [0.2, 0.25) is 0 Å². The summed E-state index contributed by atoms with van der Waals surface area (Å²) in [7, 11) is 1.29. The highest BCUT2D eigenvalue weighted by molar-refractivity contribution is 6.17. The van der Waals surface area contributed by atoms with Gasteiger partial charge in [0.25, 0.3) is 0 Å². The SMILES string of the molecule is COC(=O)c1cc(C=O)cc(CCl)c1. The molecule has 14 heavy (non-hydrogen) atoms. The molecule has 0 bridgehead atoms. The van der Waals surface area contributed by atoms with Crippen LogP contribution in [0.1, 0.15) is 26.3 Å². The van der Waals surface area contributed by atoms with Gasteiger partial charge in [-0.05, 0) is 23.8 Å². The Bertz CT molecular complexity index is 360. The van der Waals surface area contributed by atoms with Crippen LogP contribution in [0.2, 0.25) is 0 Å². The van der Waals surface area contributed by atoms with Gasteiger partial charge in [-0.15, -0.1) is 11.6 Å². The van der Waals surface area contributed by atoms with Crippen molar-refractivity contribution < 1.29 is 14.3 Å². The molecule has 0 aliphatic heterocycles. The number of rotatable bonds is 3. The Morgan fingerprint density at radius 1 is 1.50 bits per heavy atom. The van der Waals surface area contributed by atoms with Gasteiger partial charge in [-0.1, -0.05) is 0 Å². The Balaban J connectivity index is 3.16. The normalized spacial score (nSPS) is 9.57. The predicted octanol–water partition coefficient (Wildman–Crippen LogP) is 2.02. The van der Waals surface area contributed by atoms with Gasteiger partial charge in [0.15, 0.2) is 0 Å². The van der Waals surface area contributed by atoms with Gasteiger partial charge in [0.05, 0.1) is 12.7 Å². The summed E-state index contributed by atoms with van der Waals surface area (Å²) in [6.45, 7) is 0. The first-order valence-electron chi connectivity index (χ1n) is 3.94. The van der Waals surface area contributed by atoms with Crippen molar-refractivity contribution in [3.8, 4) is 0 Å². The molecule has 0 N–H and O–H groups in total. The highest BCUT2D eigenvalue weighted by atomic mass is 35.5. The first-order chi connectivity index (χ1) is 6.71. The molecule has 0 saturated heterocycles. The van der Waals surface area contributed by atoms with Crippen LogP contribution in [0.5, 0.6) is 0 Å². The van der Waals surface area contributed by atoms with E-state index >= 15 is 0 Å². The van der Waals surface area contributed by atoms with Gasteiger partial charge < -0.3 is 4.74 Å². The fourth-order valence-corrected chi connectivity index (χ4v) is 1.25. The van der Waals surface area contributed by atoms with Gasteiger partial charge in [0, 0.05) is 11.4 Å². The number of carbonyl (C=O) groups is 2. The van der Waals surface area contributed by atoms with E-state index in [-0.39, 0.29) is 5.88 Å². The largest absolute Gasteiger partial charge is 0.465 e. The summed E-state index contributed by atoms with van der Waals surface area (Å²) in [5.74, 6) is -0.217. The summed E-state index contributed by atoms with van der Waals surface area (Å²) >= 11 is 5.61. The maximum Gasteiger partial charge on any atom is 0.337 e. The molecule has 4 heteroatoms. The Labute approximate surface area is 86.6 Å². The molecule has 0 aliphatic rings. The van der Waals surface area contributed by atoms with Crippen molar-refractivity contribution >= 4 is 23.9 Å². The minimum atomic E-state index is -0.472. The second kappa shape index (κ2) is 4.77. The lowest BCUT2D eigenvalue weighted by Gasteiger charge is -2.02. The van der Waals surface area contributed by atoms with E-state index in [1.807, 2.05) is 0 Å². The second-order valence-corrected chi connectivity index (χ2v) is 2.97. The van der Waals surface area contributed by atoms with Gasteiger partial charge >= 0.3 is 5.97 Å². The zero-order valence-electron chi connectivity index (χ0n) is 7.62. The molecule has 3 nitrogen and oxygen atoms in total. The number of hydrogen-bond acceptors (Lipinski definition) is 3. The molecule has 0 unspecified atom stereocenters. The minimum Gasteiger partial charge on any atom is -0.465 e. The average Bonchev–Trinajstić information content (AvgIpc) is 2.27. The fourth-order valence-electron chi connectivity index (χ4n) is 1.10. The molecule has 0 radical (unpaired) electrons. The van der Waals surface area contributed by atoms with E-state index in [1.54, 1.807) is 12.1 Å². The summed E-state index contributed by atoms with van der Waals surface area (Å²) in [6, 6.07) is 4.70. The van der Waals surface area contributed by atoms with E-state index < -0.39 is 5.97 Å². The average molecular weight is 213 g/mol. The number of aldehydes is 1. The summed E-state index contributed by atoms with van der Waals surface area (Å²) in [6.07, 6.45) is 0.669. The number of ether oxygens (including phenoxy) is 1. The van der Waals surface area contributed by atoms with Crippen molar-refractivity contribution in [3.63, 3.8) is 0 Å². The van der Waals surface area contributed by atoms with Crippen LogP contribution in [0.4, 0.5) is 0 Å². The van der Waals surface area contributed by atoms with Gasteiger partial charge in [0.1, 0.15) is 6.29 Å². The van der Waals surface area contributed by atoms with Crippen molar-refractivity contribution in [2.75, 3.05) is 7.11 Å². The number of alkyl halides is 1. The van der Waals surface area contributed by atoms with Gasteiger partial charge in [-0.2, -0.15) is 0 Å². The summed E-state index contributed by atoms with van der Waals surface area (Å²) in [5, 5.41) is 0. The number of methoxy groups -OCH3 is 1. The number of halogens is 1. The molecule has 74 valence electrons. The van der Waals surface area contributed by atoms with Crippen LogP contribution in [0.15, 0.2) is 18.2 Å². The van der Waals surface area contributed by atoms with E-state index in [1.165, 1.54) is 13.2 Å². The summed E-state index contributed by atoms with van der Waals surface area (Å²) < 4.78 is 4.54. The van der Waals surface area contributed by atoms with Crippen molar-refractivity contribution in [2.45, 2.75) is 5.88 Å². The van der Waals surface area contributed by atoms with Crippen LogP contribution in [-0.2, 0) is 10.6 Å². The number of hydrogen-bond donors (Lipinski definition) is 0. The topological polar surface area (TPSA) is 43.4 Å². The maximum absolute atomic E-state index is 11.2. The third kappa shape index (κ3) is 2.33. The zero-order valence-corrected chi connectivity index (χ0v) is 8.38. The fraction of sp³-hybridized carbons (Fsp3) is 0.200. The van der Waals surface area contributed by atoms with Crippen molar-refractivity contribution in [2.24, 2.45) is 0 Å². The van der Waals surface area contributed by atoms with Gasteiger partial charge in [-0.3, -0.25) is 4.79 Å². The molecule has 1 aromatic carbocycles. The first kappa shape index (κ1) is 10.7. The lowest BCUT2D eigenvalue weighted by Crippen LogP contribution is -2.02. The monoisotopic (exact) mass is 212 g/mol. The minimum absolute atomic E-state index is 0.256. The van der Waals surface area contributed by atoms with Crippen molar-refractivity contribution in [3.05, 3.63) is 34.9 Å². The first-order valence-corrected chi connectivity index (χ1v) is 4.48. The Morgan fingerprint density at radius 3 is 2.71 bits per heavy atom. The smallest absolute Gasteiger partial charge is 0.337 e. The Kier molecular flexibility index (Phi) is 3.65. The molecule has 0 amide bonds. The van der Waals surface area contributed by atoms with Crippen LogP contribution in [0.3, 0.4) is 0 Å². The molecule has 0 saturated carbocycles. The third-order valence-electron chi connectivity index (χ3n) is 1.73. The Hall–Kier alpha value is -1.35. The molecule has 0 fully saturated rings. The molecule has 0 atom stereocenters. The highest BCUT2D eigenvalue weighted by Crippen LogP contribution is 2.12. The van der Waals surface area contributed by atoms with Crippen molar-refractivity contribution in [1.82, 2.24) is 0 Å². The van der Waals surface area contributed by atoms with E-state index in [2.05, 4.69) is 4.74 Å². The van der Waals surface area contributed by atoms with Crippen LogP contribution < -0.4 is 0 Å². The lowest BCUT2D eigenvalue weighted by molar-refractivity contribution is 0.0600. The van der Waals surface area contributed by atoms with Gasteiger partial charge in [-0.25, -0.2) is 4.79 Å². The van der Waals surface area contributed by atoms with E-state index in [9.17, 15) is 9.59 Å². The summed E-state index contributed by atoms with van der Waals surface area (Å²) in [4.78, 5) is 21.7. The highest BCUT2D eigenvalue weighted by Gasteiger charge is 2.07. The van der Waals surface area contributed by atoms with Crippen LogP contribution in [-0.4, -0.2) is 19.4 Å². The molecule has 0 aromatic heterocycles. The molecule has 1 aromatic rings. The third-order valence-corrected chi connectivity index (χ3v) is 2.04. The second-order valence-electron chi connectivity index (χ2n) is 2.71. The standard InChI is InChI=1S/C10H9ClO3/c1-14-10(13)9-3-7(5-11)2-8(4-9)6-12/h2-4,6H,5H2,1H3. The van der Waals surface area contributed by atoms with Crippen LogP contribution in [0, 0.1) is 0 Å². The van der Waals surface area contributed by atoms with Crippen molar-refractivity contribution in [1.29, 1.82) is 0 Å². The van der Waals surface area contributed by atoms with E-state index in [4.69, 9.17) is 11.6 Å². The summed E-state index contributed by atoms with van der Waals surface area (Å²) in [5.41, 5.74) is 1.48. The van der Waals surface area contributed by atoms with Crippen LogP contribution >= 0.6 is 11.6 Å². The number of esters is 1. The molecule has 0 aliphatic carbocycles. The quantitative estimate of drug-likeness (QED) is 0.437. The number of benzene rings is 1. The zero-order chi connectivity index (χ0) is 10.6. The molecule has 1 rings (SSSR count). The lowest BCUT2D eigenvalue weighted by atomic mass is 10.1. The van der Waals surface area contributed by atoms with E-state index in [0.717, 1.165) is 5.56 Å². The van der Waals surface area contributed by atoms with E-state index in [0.29, 0.717) is 17.4 Å². The van der Waals surface area contributed by atoms with Crippen LogP contribution in [0.25, 0.3) is 0 Å². The molecule has 0 heterocycles. The maximum atomic E-state index is 11.2. The molecule has 0 spiro atoms. The predicted molar refractivity (Wildman–Crippen MR) is 52.7 cm³/mol. The molecular formula is C10H9ClO3. The molecular weight excluding hydrogens is 204 g/mol. The Morgan fingerprint density at radius 2 is 2.21 bits per heavy atom. The number of carbonyl (C=O) groups excluding carboxylic acids is 2.